The van der Waals surface area contributed by atoms with Crippen LogP contribution in [0.5, 0.6) is 0 Å². The lowest BCUT2D eigenvalue weighted by Crippen LogP contribution is -2.51. The van der Waals surface area contributed by atoms with Gasteiger partial charge in [0.2, 0.25) is 0 Å². The number of carbonyl (C=O) groups excluding carboxylic acids is 1. The van der Waals surface area contributed by atoms with Crippen molar-refractivity contribution in [2.45, 2.75) is 25.7 Å². The van der Waals surface area contributed by atoms with E-state index in [0.29, 0.717) is 37.9 Å². The fraction of sp³-hybridized carbons (Fsp3) is 0.588. The van der Waals surface area contributed by atoms with Gasteiger partial charge in [0, 0.05) is 38.3 Å². The molecule has 26 heavy (non-hydrogen) atoms. The molecular formula is C17H23N3O5S. The first-order valence-corrected chi connectivity index (χ1v) is 10.2. The topological polar surface area (TPSA) is 108 Å². The third-order valence-corrected chi connectivity index (χ3v) is 7.13. The Morgan fingerprint density at radius 1 is 1.04 bits per heavy atom. The number of nitrogens with zero attached hydrogens (tertiary/aromatic N) is 3. The van der Waals surface area contributed by atoms with Crippen LogP contribution in [0.25, 0.3) is 0 Å². The standard InChI is InChI=1S/C17H23N3O5S/c21-16(15-5-1-2-8-18-15)14-4-3-9-20(12-14)26(24,25)19-10-6-13(7-11-19)17(22)23/h1-2,5,8,13-14H,3-4,6-7,9-12H2,(H,22,23). The van der Waals surface area contributed by atoms with Crippen LogP contribution in [0.15, 0.2) is 24.4 Å². The van der Waals surface area contributed by atoms with Crippen molar-refractivity contribution in [2.75, 3.05) is 26.2 Å². The van der Waals surface area contributed by atoms with E-state index in [9.17, 15) is 18.0 Å². The van der Waals surface area contributed by atoms with E-state index < -0.39 is 28.0 Å². The summed E-state index contributed by atoms with van der Waals surface area (Å²) in [5, 5.41) is 9.06. The molecule has 142 valence electrons. The van der Waals surface area contributed by atoms with Crippen LogP contribution in [-0.4, -0.2) is 65.1 Å². The third-order valence-electron chi connectivity index (χ3n) is 5.13. The monoisotopic (exact) mass is 381 g/mol. The van der Waals surface area contributed by atoms with Crippen LogP contribution < -0.4 is 0 Å². The second-order valence-electron chi connectivity index (χ2n) is 6.80. The smallest absolute Gasteiger partial charge is 0.306 e. The van der Waals surface area contributed by atoms with Crippen molar-refractivity contribution in [3.63, 3.8) is 0 Å². The summed E-state index contributed by atoms with van der Waals surface area (Å²) in [5.74, 6) is -1.89. The van der Waals surface area contributed by atoms with E-state index in [1.54, 1.807) is 24.4 Å². The van der Waals surface area contributed by atoms with Gasteiger partial charge >= 0.3 is 5.97 Å². The van der Waals surface area contributed by atoms with E-state index in [1.165, 1.54) is 8.61 Å². The molecule has 1 atom stereocenters. The Kier molecular flexibility index (Phi) is 5.69. The van der Waals surface area contributed by atoms with Crippen molar-refractivity contribution in [3.8, 4) is 0 Å². The van der Waals surface area contributed by atoms with Crippen LogP contribution in [0.3, 0.4) is 0 Å². The number of aromatic nitrogens is 1. The van der Waals surface area contributed by atoms with Crippen molar-refractivity contribution >= 4 is 22.0 Å². The Morgan fingerprint density at radius 2 is 1.77 bits per heavy atom. The molecule has 1 aromatic rings. The molecule has 0 bridgehead atoms. The van der Waals surface area contributed by atoms with E-state index in [1.807, 2.05) is 0 Å². The molecule has 8 nitrogen and oxygen atoms in total. The summed E-state index contributed by atoms with van der Waals surface area (Å²) < 4.78 is 28.5. The number of ketones is 1. The molecular weight excluding hydrogens is 358 g/mol. The van der Waals surface area contributed by atoms with E-state index in [0.717, 1.165) is 0 Å². The first-order chi connectivity index (χ1) is 12.4. The van der Waals surface area contributed by atoms with E-state index >= 15 is 0 Å². The lowest BCUT2D eigenvalue weighted by molar-refractivity contribution is -0.142. The van der Waals surface area contributed by atoms with E-state index in [-0.39, 0.29) is 25.4 Å². The number of rotatable bonds is 5. The van der Waals surface area contributed by atoms with Crippen molar-refractivity contribution < 1.29 is 23.1 Å². The van der Waals surface area contributed by atoms with Crippen LogP contribution >= 0.6 is 0 Å². The molecule has 2 aliphatic rings. The van der Waals surface area contributed by atoms with Crippen molar-refractivity contribution in [3.05, 3.63) is 30.1 Å². The number of hydrogen-bond acceptors (Lipinski definition) is 5. The highest BCUT2D eigenvalue weighted by Crippen LogP contribution is 2.26. The summed E-state index contributed by atoms with van der Waals surface area (Å²) in [6.45, 7) is 0.938. The van der Waals surface area contributed by atoms with Crippen LogP contribution in [0, 0.1) is 11.8 Å². The van der Waals surface area contributed by atoms with Crippen LogP contribution in [-0.2, 0) is 15.0 Å². The number of piperidine rings is 2. The normalized spacial score (nSPS) is 23.6. The number of carboxylic acid groups (broad SMARTS) is 1. The van der Waals surface area contributed by atoms with Crippen molar-refractivity contribution in [1.29, 1.82) is 0 Å². The molecule has 1 aromatic heterocycles. The molecule has 0 aromatic carbocycles. The zero-order valence-electron chi connectivity index (χ0n) is 14.5. The molecule has 3 heterocycles. The van der Waals surface area contributed by atoms with Gasteiger partial charge < -0.3 is 5.11 Å². The highest BCUT2D eigenvalue weighted by Gasteiger charge is 2.38. The van der Waals surface area contributed by atoms with Crippen LogP contribution in [0.4, 0.5) is 0 Å². The van der Waals surface area contributed by atoms with E-state index in [4.69, 9.17) is 5.11 Å². The SMILES string of the molecule is O=C(O)C1CCN(S(=O)(=O)N2CCCC(C(=O)c3ccccn3)C2)CC1. The minimum Gasteiger partial charge on any atom is -0.481 e. The number of hydrogen-bond donors (Lipinski definition) is 1. The summed E-state index contributed by atoms with van der Waals surface area (Å²) >= 11 is 0. The number of carboxylic acids is 1. The maximum Gasteiger partial charge on any atom is 0.306 e. The maximum absolute atomic E-state index is 12.9. The zero-order valence-corrected chi connectivity index (χ0v) is 15.3. The Balaban J connectivity index is 1.67. The van der Waals surface area contributed by atoms with Crippen molar-refractivity contribution in [2.24, 2.45) is 11.8 Å². The summed E-state index contributed by atoms with van der Waals surface area (Å²) in [6.07, 6.45) is 3.45. The summed E-state index contributed by atoms with van der Waals surface area (Å²) in [7, 11) is -3.68. The van der Waals surface area contributed by atoms with Gasteiger partial charge in [0.05, 0.1) is 5.92 Å². The number of pyridine rings is 1. The van der Waals surface area contributed by atoms with E-state index in [2.05, 4.69) is 4.98 Å². The Morgan fingerprint density at radius 3 is 2.38 bits per heavy atom. The molecule has 0 radical (unpaired) electrons. The predicted octanol–water partition coefficient (Wildman–Crippen LogP) is 1.02. The van der Waals surface area contributed by atoms with Gasteiger partial charge in [-0.15, -0.1) is 0 Å². The van der Waals surface area contributed by atoms with Crippen LogP contribution in [0.1, 0.15) is 36.2 Å². The Hall–Kier alpha value is -1.84. The quantitative estimate of drug-likeness (QED) is 0.763. The molecule has 0 amide bonds. The number of Topliss-reactive ketones (excluding diaryl/α,β-unsaturated/α-hetero) is 1. The molecule has 2 fully saturated rings. The second-order valence-corrected chi connectivity index (χ2v) is 8.72. The molecule has 1 unspecified atom stereocenters. The summed E-state index contributed by atoms with van der Waals surface area (Å²) in [4.78, 5) is 27.7. The highest BCUT2D eigenvalue weighted by atomic mass is 32.2. The van der Waals surface area contributed by atoms with Gasteiger partial charge in [-0.3, -0.25) is 14.6 Å². The lowest BCUT2D eigenvalue weighted by Gasteiger charge is -2.37. The van der Waals surface area contributed by atoms with Gasteiger partial charge in [-0.1, -0.05) is 6.07 Å². The average molecular weight is 381 g/mol. The number of carbonyl (C=O) groups is 2. The lowest BCUT2D eigenvalue weighted by atomic mass is 9.93. The van der Waals surface area contributed by atoms with Gasteiger partial charge in [-0.2, -0.15) is 17.0 Å². The maximum atomic E-state index is 12.9. The molecule has 0 saturated carbocycles. The van der Waals surface area contributed by atoms with Gasteiger partial charge in [0.15, 0.2) is 5.78 Å². The largest absolute Gasteiger partial charge is 0.481 e. The van der Waals surface area contributed by atoms with Gasteiger partial charge in [-0.25, -0.2) is 0 Å². The van der Waals surface area contributed by atoms with Gasteiger partial charge in [0.1, 0.15) is 5.69 Å². The average Bonchev–Trinajstić information content (AvgIpc) is 2.68. The minimum atomic E-state index is -3.68. The fourth-order valence-corrected chi connectivity index (χ4v) is 5.31. The first-order valence-electron chi connectivity index (χ1n) is 8.83. The molecule has 2 saturated heterocycles. The highest BCUT2D eigenvalue weighted by molar-refractivity contribution is 7.86. The Labute approximate surface area is 153 Å². The summed E-state index contributed by atoms with van der Waals surface area (Å²) in [5.41, 5.74) is 0.360. The second kappa shape index (κ2) is 7.81. The molecule has 1 N–H and O–H groups in total. The van der Waals surface area contributed by atoms with Crippen LogP contribution in [0.2, 0.25) is 0 Å². The third kappa shape index (κ3) is 3.94. The fourth-order valence-electron chi connectivity index (χ4n) is 3.58. The predicted molar refractivity (Wildman–Crippen MR) is 93.7 cm³/mol. The summed E-state index contributed by atoms with van der Waals surface area (Å²) in [6, 6.07) is 5.12. The zero-order chi connectivity index (χ0) is 18.7. The first kappa shape index (κ1) is 18.9. The van der Waals surface area contributed by atoms with Crippen molar-refractivity contribution in [1.82, 2.24) is 13.6 Å². The van der Waals surface area contributed by atoms with Gasteiger partial charge in [-0.05, 0) is 37.8 Å². The molecule has 9 heteroatoms. The molecule has 2 aliphatic heterocycles. The molecule has 3 rings (SSSR count). The molecule has 0 spiro atoms. The molecule has 0 aliphatic carbocycles. The van der Waals surface area contributed by atoms with Gasteiger partial charge in [0.25, 0.3) is 10.2 Å². The minimum absolute atomic E-state index is 0.130. The Bertz CT molecular complexity index is 760. The number of aliphatic carboxylic acids is 1.